The van der Waals surface area contributed by atoms with Crippen molar-refractivity contribution in [1.29, 1.82) is 0 Å². The highest BCUT2D eigenvalue weighted by molar-refractivity contribution is 9.10. The zero-order valence-corrected chi connectivity index (χ0v) is 12.1. The lowest BCUT2D eigenvalue weighted by molar-refractivity contribution is 0.0286. The highest BCUT2D eigenvalue weighted by Gasteiger charge is 2.28. The van der Waals surface area contributed by atoms with Crippen LogP contribution in [0.4, 0.5) is 0 Å². The average Bonchev–Trinajstić information content (AvgIpc) is 2.26. The van der Waals surface area contributed by atoms with Crippen LogP contribution in [-0.4, -0.2) is 42.0 Å². The normalized spacial score (nSPS) is 22.9. The first-order valence-electron chi connectivity index (χ1n) is 6.20. The van der Waals surface area contributed by atoms with E-state index >= 15 is 0 Å². The number of Topliss-reactive ketones (excluding diaryl/α,β-unsaturated/α-hetero) is 1. The molecule has 0 heterocycles. The van der Waals surface area contributed by atoms with E-state index in [2.05, 4.69) is 15.9 Å². The number of ketones is 1. The average molecular weight is 312 g/mol. The number of aliphatic hydroxyl groups excluding tert-OH is 1. The number of aliphatic hydroxyl groups is 1. The Morgan fingerprint density at radius 2 is 2.22 bits per heavy atom. The zero-order chi connectivity index (χ0) is 13.1. The summed E-state index contributed by atoms with van der Waals surface area (Å²) in [5.41, 5.74) is 0.741. The summed E-state index contributed by atoms with van der Waals surface area (Å²) in [5.74, 6) is 0.680. The van der Waals surface area contributed by atoms with Crippen molar-refractivity contribution in [2.24, 2.45) is 5.92 Å². The Hall–Kier alpha value is -0.710. The van der Waals surface area contributed by atoms with Crippen molar-refractivity contribution in [2.45, 2.75) is 18.9 Å². The number of carbonyl (C=O) groups excluding carboxylic acids is 1. The molecular formula is C14H18BrNO2. The van der Waals surface area contributed by atoms with Gasteiger partial charge >= 0.3 is 0 Å². The predicted molar refractivity (Wildman–Crippen MR) is 74.7 cm³/mol. The number of halogens is 1. The molecule has 1 aromatic carbocycles. The van der Waals surface area contributed by atoms with Crippen molar-refractivity contribution < 1.29 is 9.90 Å². The number of likely N-dealkylation sites (N-methyl/N-ethyl adjacent to an activating group) is 1. The molecule has 0 atom stereocenters. The highest BCUT2D eigenvalue weighted by Crippen LogP contribution is 2.27. The van der Waals surface area contributed by atoms with Crippen LogP contribution in [0.15, 0.2) is 28.7 Å². The fourth-order valence-electron chi connectivity index (χ4n) is 2.35. The van der Waals surface area contributed by atoms with Crippen LogP contribution in [0.5, 0.6) is 0 Å². The van der Waals surface area contributed by atoms with Crippen LogP contribution in [-0.2, 0) is 0 Å². The third-order valence-corrected chi connectivity index (χ3v) is 3.83. The molecule has 1 aliphatic carbocycles. The Bertz CT molecular complexity index is 430. The van der Waals surface area contributed by atoms with Gasteiger partial charge in [-0.2, -0.15) is 0 Å². The SMILES string of the molecule is CN(CC(=O)c1cccc(Br)c1)CC1CC(O)C1. The van der Waals surface area contributed by atoms with Gasteiger partial charge in [0.05, 0.1) is 12.6 Å². The van der Waals surface area contributed by atoms with Gasteiger partial charge in [0.2, 0.25) is 0 Å². The third-order valence-electron chi connectivity index (χ3n) is 3.34. The van der Waals surface area contributed by atoms with Gasteiger partial charge in [0.1, 0.15) is 0 Å². The topological polar surface area (TPSA) is 40.5 Å². The van der Waals surface area contributed by atoms with Crippen molar-refractivity contribution >= 4 is 21.7 Å². The van der Waals surface area contributed by atoms with E-state index in [9.17, 15) is 9.90 Å². The van der Waals surface area contributed by atoms with Crippen LogP contribution in [0, 0.1) is 5.92 Å². The van der Waals surface area contributed by atoms with Crippen LogP contribution in [0.2, 0.25) is 0 Å². The van der Waals surface area contributed by atoms with Gasteiger partial charge in [-0.1, -0.05) is 28.1 Å². The lowest BCUT2D eigenvalue weighted by Crippen LogP contribution is -2.38. The monoisotopic (exact) mass is 311 g/mol. The molecule has 1 saturated carbocycles. The smallest absolute Gasteiger partial charge is 0.176 e. The summed E-state index contributed by atoms with van der Waals surface area (Å²) < 4.78 is 0.929. The quantitative estimate of drug-likeness (QED) is 0.849. The molecular weight excluding hydrogens is 294 g/mol. The minimum absolute atomic E-state index is 0.121. The van der Waals surface area contributed by atoms with Gasteiger partial charge < -0.3 is 5.11 Å². The molecule has 1 aromatic rings. The minimum atomic E-state index is -0.121. The Labute approximate surface area is 116 Å². The van der Waals surface area contributed by atoms with Gasteiger partial charge in [0, 0.05) is 16.6 Å². The van der Waals surface area contributed by atoms with Crippen molar-refractivity contribution in [3.05, 3.63) is 34.3 Å². The van der Waals surface area contributed by atoms with E-state index in [-0.39, 0.29) is 11.9 Å². The second-order valence-corrected chi connectivity index (χ2v) is 6.04. The molecule has 0 aliphatic heterocycles. The minimum Gasteiger partial charge on any atom is -0.393 e. The summed E-state index contributed by atoms with van der Waals surface area (Å²) in [5, 5.41) is 9.23. The second-order valence-electron chi connectivity index (χ2n) is 5.12. The van der Waals surface area contributed by atoms with E-state index in [1.54, 1.807) is 0 Å². The first-order valence-corrected chi connectivity index (χ1v) is 6.99. The number of hydrogen-bond acceptors (Lipinski definition) is 3. The standard InChI is InChI=1S/C14H18BrNO2/c1-16(8-10-5-13(17)6-10)9-14(18)11-3-2-4-12(15)7-11/h2-4,7,10,13,17H,5-6,8-9H2,1H3. The molecule has 1 aliphatic rings. The second kappa shape index (κ2) is 5.95. The predicted octanol–water partition coefficient (Wildman–Crippen LogP) is 2.33. The van der Waals surface area contributed by atoms with Crippen LogP contribution >= 0.6 is 15.9 Å². The van der Waals surface area contributed by atoms with E-state index < -0.39 is 0 Å². The van der Waals surface area contributed by atoms with Crippen LogP contribution in [0.1, 0.15) is 23.2 Å². The van der Waals surface area contributed by atoms with E-state index in [1.807, 2.05) is 36.2 Å². The van der Waals surface area contributed by atoms with Gasteiger partial charge in [-0.25, -0.2) is 0 Å². The molecule has 18 heavy (non-hydrogen) atoms. The zero-order valence-electron chi connectivity index (χ0n) is 10.5. The van der Waals surface area contributed by atoms with Gasteiger partial charge in [-0.05, 0) is 37.9 Å². The lowest BCUT2D eigenvalue weighted by atomic mass is 9.82. The molecule has 1 N–H and O–H groups in total. The van der Waals surface area contributed by atoms with E-state index in [1.165, 1.54) is 0 Å². The molecule has 2 rings (SSSR count). The Morgan fingerprint density at radius 1 is 1.50 bits per heavy atom. The number of hydrogen-bond donors (Lipinski definition) is 1. The summed E-state index contributed by atoms with van der Waals surface area (Å²) in [6.07, 6.45) is 1.62. The van der Waals surface area contributed by atoms with Crippen LogP contribution in [0.3, 0.4) is 0 Å². The number of carbonyl (C=O) groups is 1. The summed E-state index contributed by atoms with van der Waals surface area (Å²) in [4.78, 5) is 14.1. The van der Waals surface area contributed by atoms with Crippen LogP contribution < -0.4 is 0 Å². The Morgan fingerprint density at radius 3 is 2.83 bits per heavy atom. The third kappa shape index (κ3) is 3.64. The highest BCUT2D eigenvalue weighted by atomic mass is 79.9. The van der Waals surface area contributed by atoms with Crippen molar-refractivity contribution in [3.63, 3.8) is 0 Å². The molecule has 0 spiro atoms. The molecule has 0 bridgehead atoms. The number of benzene rings is 1. The van der Waals surface area contributed by atoms with Gasteiger partial charge in [0.25, 0.3) is 0 Å². The number of nitrogens with zero attached hydrogens (tertiary/aromatic N) is 1. The van der Waals surface area contributed by atoms with Gasteiger partial charge in [-0.15, -0.1) is 0 Å². The Balaban J connectivity index is 1.83. The molecule has 0 saturated heterocycles. The molecule has 0 radical (unpaired) electrons. The van der Waals surface area contributed by atoms with Crippen molar-refractivity contribution in [1.82, 2.24) is 4.90 Å². The largest absolute Gasteiger partial charge is 0.393 e. The first kappa shape index (κ1) is 13.7. The molecule has 1 fully saturated rings. The molecule has 0 unspecified atom stereocenters. The molecule has 0 aromatic heterocycles. The summed E-state index contributed by atoms with van der Waals surface area (Å²) >= 11 is 3.37. The van der Waals surface area contributed by atoms with Gasteiger partial charge in [-0.3, -0.25) is 9.69 Å². The van der Waals surface area contributed by atoms with Gasteiger partial charge in [0.15, 0.2) is 5.78 Å². The lowest BCUT2D eigenvalue weighted by Gasteiger charge is -2.34. The fraction of sp³-hybridized carbons (Fsp3) is 0.500. The van der Waals surface area contributed by atoms with Crippen LogP contribution in [0.25, 0.3) is 0 Å². The fourth-order valence-corrected chi connectivity index (χ4v) is 2.75. The molecule has 3 nitrogen and oxygen atoms in total. The first-order chi connectivity index (χ1) is 8.54. The molecule has 4 heteroatoms. The number of rotatable bonds is 5. The maximum Gasteiger partial charge on any atom is 0.176 e. The maximum atomic E-state index is 12.0. The van der Waals surface area contributed by atoms with E-state index in [0.29, 0.717) is 12.5 Å². The van der Waals surface area contributed by atoms with E-state index in [0.717, 1.165) is 29.4 Å². The summed E-state index contributed by atoms with van der Waals surface area (Å²) in [6, 6.07) is 7.48. The molecule has 0 amide bonds. The summed E-state index contributed by atoms with van der Waals surface area (Å²) in [7, 11) is 1.96. The molecule has 98 valence electrons. The summed E-state index contributed by atoms with van der Waals surface area (Å²) in [6.45, 7) is 1.32. The maximum absolute atomic E-state index is 12.0. The van der Waals surface area contributed by atoms with E-state index in [4.69, 9.17) is 0 Å². The van der Waals surface area contributed by atoms with Crippen molar-refractivity contribution in [2.75, 3.05) is 20.1 Å². The Kier molecular flexibility index (Phi) is 4.54. The van der Waals surface area contributed by atoms with Crippen molar-refractivity contribution in [3.8, 4) is 0 Å².